The van der Waals surface area contributed by atoms with Gasteiger partial charge in [-0.05, 0) is 41.5 Å². The van der Waals surface area contributed by atoms with E-state index in [1.54, 1.807) is 18.1 Å². The summed E-state index contributed by atoms with van der Waals surface area (Å²) in [5.41, 5.74) is 1.88. The maximum atomic E-state index is 12.6. The Bertz CT molecular complexity index is 818. The van der Waals surface area contributed by atoms with Gasteiger partial charge >= 0.3 is 0 Å². The highest BCUT2D eigenvalue weighted by molar-refractivity contribution is 8.26. The predicted octanol–water partition coefficient (Wildman–Crippen LogP) is 4.75. The molecule has 0 N–H and O–H groups in total. The lowest BCUT2D eigenvalue weighted by atomic mass is 10.2. The second kappa shape index (κ2) is 7.38. The van der Waals surface area contributed by atoms with Gasteiger partial charge in [0.2, 0.25) is 0 Å². The maximum Gasteiger partial charge on any atom is 0.266 e. The van der Waals surface area contributed by atoms with Gasteiger partial charge in [0.25, 0.3) is 5.91 Å². The molecule has 2 aromatic rings. The maximum absolute atomic E-state index is 12.6. The molecule has 0 unspecified atom stereocenters. The fraction of sp³-hybridized carbons (Fsp3) is 0.111. The molecule has 0 aliphatic carbocycles. The first-order chi connectivity index (χ1) is 11.6. The molecule has 0 aromatic heterocycles. The van der Waals surface area contributed by atoms with Gasteiger partial charge in [-0.2, -0.15) is 0 Å². The van der Waals surface area contributed by atoms with E-state index in [0.717, 1.165) is 16.9 Å². The zero-order valence-electron chi connectivity index (χ0n) is 12.9. The average Bonchev–Trinajstić information content (AvgIpc) is 2.83. The highest BCUT2D eigenvalue weighted by Crippen LogP contribution is 2.34. The number of carbonyl (C=O) groups is 1. The van der Waals surface area contributed by atoms with E-state index in [9.17, 15) is 4.79 Å². The second-order valence-electron chi connectivity index (χ2n) is 5.17. The van der Waals surface area contributed by atoms with Gasteiger partial charge in [-0.15, -0.1) is 0 Å². The Kier molecular flexibility index (Phi) is 5.23. The fourth-order valence-electron chi connectivity index (χ4n) is 2.30. The van der Waals surface area contributed by atoms with E-state index < -0.39 is 0 Å². The number of carbonyl (C=O) groups excluding carboxylic acids is 1. The van der Waals surface area contributed by atoms with Crippen LogP contribution >= 0.6 is 35.6 Å². The fourth-order valence-corrected chi connectivity index (χ4v) is 3.75. The molecule has 0 atom stereocenters. The Balaban J connectivity index is 1.78. The molecule has 1 heterocycles. The zero-order valence-corrected chi connectivity index (χ0v) is 15.3. The number of thiocarbonyl (C=S) groups is 1. The quantitative estimate of drug-likeness (QED) is 0.569. The van der Waals surface area contributed by atoms with Crippen LogP contribution < -0.4 is 4.74 Å². The van der Waals surface area contributed by atoms with Gasteiger partial charge in [0.15, 0.2) is 0 Å². The van der Waals surface area contributed by atoms with E-state index >= 15 is 0 Å². The van der Waals surface area contributed by atoms with Gasteiger partial charge in [0.05, 0.1) is 18.6 Å². The van der Waals surface area contributed by atoms with Crippen molar-refractivity contribution in [3.63, 3.8) is 0 Å². The van der Waals surface area contributed by atoms with E-state index in [4.69, 9.17) is 28.6 Å². The van der Waals surface area contributed by atoms with Crippen molar-refractivity contribution in [1.29, 1.82) is 0 Å². The van der Waals surface area contributed by atoms with E-state index in [1.807, 2.05) is 48.5 Å². The second-order valence-corrected chi connectivity index (χ2v) is 7.28. The number of halogens is 1. The first-order valence-corrected chi connectivity index (χ1v) is 8.81. The van der Waals surface area contributed by atoms with Crippen molar-refractivity contribution in [3.8, 4) is 5.75 Å². The van der Waals surface area contributed by atoms with Gasteiger partial charge in [0, 0.05) is 5.02 Å². The molecule has 0 spiro atoms. The number of rotatable bonds is 4. The number of hydrogen-bond donors (Lipinski definition) is 0. The highest BCUT2D eigenvalue weighted by Gasteiger charge is 2.31. The molecular weight excluding hydrogens is 362 g/mol. The number of thioether (sulfide) groups is 1. The molecule has 3 nitrogen and oxygen atoms in total. The van der Waals surface area contributed by atoms with Crippen LogP contribution in [-0.4, -0.2) is 22.2 Å². The standard InChI is InChI=1S/C18H14ClNO2S2/c1-22-15-7-5-12(6-8-15)11-20-17(21)16(24-18(20)23)10-13-3-2-4-14(19)9-13/h2-10H,11H2,1H3/b16-10-. The third-order valence-corrected chi connectivity index (χ3v) is 5.13. The molecule has 1 aliphatic rings. The molecule has 0 saturated carbocycles. The minimum Gasteiger partial charge on any atom is -0.497 e. The molecule has 1 fully saturated rings. The smallest absolute Gasteiger partial charge is 0.266 e. The van der Waals surface area contributed by atoms with Gasteiger partial charge in [-0.25, -0.2) is 0 Å². The Morgan fingerprint density at radius 2 is 2.00 bits per heavy atom. The van der Waals surface area contributed by atoms with Gasteiger partial charge < -0.3 is 4.74 Å². The number of methoxy groups -OCH3 is 1. The summed E-state index contributed by atoms with van der Waals surface area (Å²) in [5, 5.41) is 0.637. The molecule has 1 amide bonds. The third kappa shape index (κ3) is 3.80. The summed E-state index contributed by atoms with van der Waals surface area (Å²) in [7, 11) is 1.62. The van der Waals surface area contributed by atoms with Crippen LogP contribution in [0.4, 0.5) is 0 Å². The van der Waals surface area contributed by atoms with Crippen LogP contribution in [0.2, 0.25) is 5.02 Å². The summed E-state index contributed by atoms with van der Waals surface area (Å²) in [6.07, 6.45) is 1.82. The van der Waals surface area contributed by atoms with E-state index in [1.165, 1.54) is 11.8 Å². The summed E-state index contributed by atoms with van der Waals surface area (Å²) in [6, 6.07) is 15.0. The molecule has 0 radical (unpaired) electrons. The zero-order chi connectivity index (χ0) is 17.1. The van der Waals surface area contributed by atoms with E-state index in [0.29, 0.717) is 20.8 Å². The lowest BCUT2D eigenvalue weighted by molar-refractivity contribution is -0.122. The molecule has 0 bridgehead atoms. The molecule has 2 aromatic carbocycles. The molecule has 1 aliphatic heterocycles. The van der Waals surface area contributed by atoms with Crippen LogP contribution in [0, 0.1) is 0 Å². The van der Waals surface area contributed by atoms with Crippen LogP contribution in [0.1, 0.15) is 11.1 Å². The lowest BCUT2D eigenvalue weighted by Crippen LogP contribution is -2.27. The van der Waals surface area contributed by atoms with Crippen molar-refractivity contribution in [2.24, 2.45) is 0 Å². The van der Waals surface area contributed by atoms with Gasteiger partial charge in [0.1, 0.15) is 10.1 Å². The first-order valence-electron chi connectivity index (χ1n) is 7.20. The summed E-state index contributed by atoms with van der Waals surface area (Å²) in [6.45, 7) is 0.446. The number of ether oxygens (including phenoxy) is 1. The molecule has 122 valence electrons. The van der Waals surface area contributed by atoms with Crippen molar-refractivity contribution in [3.05, 3.63) is 69.6 Å². The summed E-state index contributed by atoms with van der Waals surface area (Å²) in [5.74, 6) is 0.700. The number of hydrogen-bond acceptors (Lipinski definition) is 4. The monoisotopic (exact) mass is 375 g/mol. The predicted molar refractivity (Wildman–Crippen MR) is 103 cm³/mol. The Hall–Kier alpha value is -1.82. The Morgan fingerprint density at radius 1 is 1.25 bits per heavy atom. The summed E-state index contributed by atoms with van der Waals surface area (Å²) < 4.78 is 5.70. The molecule has 3 rings (SSSR count). The molecule has 1 saturated heterocycles. The Morgan fingerprint density at radius 3 is 2.67 bits per heavy atom. The number of benzene rings is 2. The van der Waals surface area contributed by atoms with Crippen LogP contribution in [0.15, 0.2) is 53.4 Å². The van der Waals surface area contributed by atoms with Crippen molar-refractivity contribution in [1.82, 2.24) is 4.90 Å². The minimum absolute atomic E-state index is 0.0826. The average molecular weight is 376 g/mol. The topological polar surface area (TPSA) is 29.5 Å². The normalized spacial score (nSPS) is 16.1. The SMILES string of the molecule is COc1ccc(CN2C(=O)/C(=C/c3cccc(Cl)c3)SC2=S)cc1. The molecular formula is C18H14ClNO2S2. The highest BCUT2D eigenvalue weighted by atomic mass is 35.5. The number of nitrogens with zero attached hydrogens (tertiary/aromatic N) is 1. The largest absolute Gasteiger partial charge is 0.497 e. The molecule has 6 heteroatoms. The van der Waals surface area contributed by atoms with Crippen LogP contribution in [0.25, 0.3) is 6.08 Å². The summed E-state index contributed by atoms with van der Waals surface area (Å²) in [4.78, 5) is 14.8. The lowest BCUT2D eigenvalue weighted by Gasteiger charge is -2.14. The van der Waals surface area contributed by atoms with E-state index in [-0.39, 0.29) is 5.91 Å². The van der Waals surface area contributed by atoms with Gasteiger partial charge in [-0.3, -0.25) is 9.69 Å². The van der Waals surface area contributed by atoms with Crippen molar-refractivity contribution >= 4 is 51.9 Å². The van der Waals surface area contributed by atoms with Crippen LogP contribution in [-0.2, 0) is 11.3 Å². The molecule has 24 heavy (non-hydrogen) atoms. The minimum atomic E-state index is -0.0826. The van der Waals surface area contributed by atoms with Crippen molar-refractivity contribution in [2.45, 2.75) is 6.54 Å². The van der Waals surface area contributed by atoms with Crippen molar-refractivity contribution < 1.29 is 9.53 Å². The van der Waals surface area contributed by atoms with Crippen LogP contribution in [0.5, 0.6) is 5.75 Å². The van der Waals surface area contributed by atoms with E-state index in [2.05, 4.69) is 0 Å². The Labute approximate surface area is 155 Å². The van der Waals surface area contributed by atoms with Crippen molar-refractivity contribution in [2.75, 3.05) is 7.11 Å². The number of amides is 1. The van der Waals surface area contributed by atoms with Gasteiger partial charge in [-0.1, -0.05) is 59.8 Å². The summed E-state index contributed by atoms with van der Waals surface area (Å²) >= 11 is 12.7. The third-order valence-electron chi connectivity index (χ3n) is 3.52. The van der Waals surface area contributed by atoms with Crippen LogP contribution in [0.3, 0.4) is 0 Å². The first kappa shape index (κ1) is 17.0.